The molecule has 0 bridgehead atoms. The van der Waals surface area contributed by atoms with E-state index in [0.29, 0.717) is 6.04 Å². The molecule has 3 rings (SSSR count). The van der Waals surface area contributed by atoms with Crippen molar-refractivity contribution in [2.75, 3.05) is 6.54 Å². The van der Waals surface area contributed by atoms with Crippen molar-refractivity contribution in [3.63, 3.8) is 0 Å². The van der Waals surface area contributed by atoms with Gasteiger partial charge in [0.25, 0.3) is 0 Å². The molecule has 2 heteroatoms. The average molecular weight is 292 g/mol. The summed E-state index contributed by atoms with van der Waals surface area (Å²) in [5, 5.41) is 4.66. The molecule has 2 saturated carbocycles. The van der Waals surface area contributed by atoms with Crippen molar-refractivity contribution in [2.45, 2.75) is 51.5 Å². The van der Waals surface area contributed by atoms with Crippen molar-refractivity contribution >= 4 is 11.6 Å². The molecule has 0 heterocycles. The van der Waals surface area contributed by atoms with Crippen LogP contribution < -0.4 is 5.32 Å². The fourth-order valence-electron chi connectivity index (χ4n) is 4.19. The molecule has 20 heavy (non-hydrogen) atoms. The molecule has 0 saturated heterocycles. The van der Waals surface area contributed by atoms with Crippen LogP contribution in [0.15, 0.2) is 24.3 Å². The zero-order valence-corrected chi connectivity index (χ0v) is 13.2. The van der Waals surface area contributed by atoms with Gasteiger partial charge in [0.1, 0.15) is 0 Å². The van der Waals surface area contributed by atoms with E-state index in [2.05, 4.69) is 24.4 Å². The first-order valence-electron chi connectivity index (χ1n) is 8.27. The van der Waals surface area contributed by atoms with Gasteiger partial charge in [0.2, 0.25) is 0 Å². The van der Waals surface area contributed by atoms with E-state index >= 15 is 0 Å². The minimum absolute atomic E-state index is 0.671. The Balaban J connectivity index is 1.65. The van der Waals surface area contributed by atoms with Gasteiger partial charge in [-0.1, -0.05) is 43.5 Å². The Morgan fingerprint density at radius 2 is 1.80 bits per heavy atom. The lowest BCUT2D eigenvalue weighted by atomic mass is 9.99. The minimum atomic E-state index is 0.671. The molecule has 2 fully saturated rings. The van der Waals surface area contributed by atoms with Gasteiger partial charge in [0.15, 0.2) is 0 Å². The van der Waals surface area contributed by atoms with Crippen molar-refractivity contribution in [2.24, 2.45) is 17.8 Å². The number of rotatable bonds is 6. The smallest absolute Gasteiger partial charge is 0.0406 e. The molecular weight excluding hydrogens is 266 g/mol. The molecule has 3 atom stereocenters. The van der Waals surface area contributed by atoms with Crippen LogP contribution in [0.2, 0.25) is 5.02 Å². The van der Waals surface area contributed by atoms with Gasteiger partial charge in [-0.2, -0.15) is 0 Å². The number of benzene rings is 1. The van der Waals surface area contributed by atoms with Crippen LogP contribution >= 0.6 is 11.6 Å². The highest BCUT2D eigenvalue weighted by molar-refractivity contribution is 6.30. The summed E-state index contributed by atoms with van der Waals surface area (Å²) in [5.74, 6) is 2.97. The van der Waals surface area contributed by atoms with Gasteiger partial charge in [-0.25, -0.2) is 0 Å². The zero-order chi connectivity index (χ0) is 13.9. The van der Waals surface area contributed by atoms with E-state index in [1.54, 1.807) is 0 Å². The predicted octanol–water partition coefficient (Wildman–Crippen LogP) is 4.69. The summed E-state index contributed by atoms with van der Waals surface area (Å²) in [6.45, 7) is 3.40. The number of halogens is 1. The molecule has 1 nitrogen and oxygen atoms in total. The highest BCUT2D eigenvalue weighted by Crippen LogP contribution is 2.57. The van der Waals surface area contributed by atoms with E-state index in [-0.39, 0.29) is 0 Å². The van der Waals surface area contributed by atoms with Crippen molar-refractivity contribution in [1.29, 1.82) is 0 Å². The Morgan fingerprint density at radius 3 is 2.40 bits per heavy atom. The van der Waals surface area contributed by atoms with E-state index in [0.717, 1.165) is 35.7 Å². The van der Waals surface area contributed by atoms with Crippen molar-refractivity contribution in [3.8, 4) is 0 Å². The second-order valence-corrected chi connectivity index (χ2v) is 7.02. The van der Waals surface area contributed by atoms with Crippen LogP contribution in [0, 0.1) is 17.8 Å². The van der Waals surface area contributed by atoms with Gasteiger partial charge in [0.05, 0.1) is 0 Å². The van der Waals surface area contributed by atoms with E-state index in [4.69, 9.17) is 11.6 Å². The Labute approximate surface area is 128 Å². The fourth-order valence-corrected chi connectivity index (χ4v) is 4.32. The van der Waals surface area contributed by atoms with Gasteiger partial charge in [-0.15, -0.1) is 0 Å². The zero-order valence-electron chi connectivity index (χ0n) is 12.4. The van der Waals surface area contributed by atoms with Gasteiger partial charge >= 0.3 is 0 Å². The van der Waals surface area contributed by atoms with Crippen LogP contribution in [0.5, 0.6) is 0 Å². The van der Waals surface area contributed by atoms with E-state index in [1.165, 1.54) is 37.7 Å². The second kappa shape index (κ2) is 6.49. The Morgan fingerprint density at radius 1 is 1.15 bits per heavy atom. The number of hydrogen-bond donors (Lipinski definition) is 1. The number of nitrogens with one attached hydrogen (secondary N) is 1. The van der Waals surface area contributed by atoms with Gasteiger partial charge in [-0.3, -0.25) is 0 Å². The Bertz CT molecular complexity index is 416. The van der Waals surface area contributed by atoms with E-state index in [9.17, 15) is 0 Å². The number of hydrogen-bond acceptors (Lipinski definition) is 1. The quantitative estimate of drug-likeness (QED) is 0.802. The Kier molecular flexibility index (Phi) is 4.68. The summed E-state index contributed by atoms with van der Waals surface area (Å²) in [6, 6.07) is 9.09. The largest absolute Gasteiger partial charge is 0.313 e. The third-order valence-corrected chi connectivity index (χ3v) is 5.46. The van der Waals surface area contributed by atoms with Crippen LogP contribution in [-0.4, -0.2) is 12.6 Å². The molecule has 110 valence electrons. The monoisotopic (exact) mass is 291 g/mol. The molecule has 1 aromatic carbocycles. The highest BCUT2D eigenvalue weighted by Gasteiger charge is 2.53. The summed E-state index contributed by atoms with van der Waals surface area (Å²) >= 11 is 5.99. The number of fused-ring (bicyclic) bond motifs is 1. The lowest BCUT2D eigenvalue weighted by Crippen LogP contribution is -2.34. The molecule has 2 aliphatic carbocycles. The van der Waals surface area contributed by atoms with E-state index < -0.39 is 0 Å². The van der Waals surface area contributed by atoms with Crippen LogP contribution in [0.25, 0.3) is 0 Å². The summed E-state index contributed by atoms with van der Waals surface area (Å²) in [6.07, 6.45) is 8.24. The molecule has 0 aliphatic heterocycles. The maximum Gasteiger partial charge on any atom is 0.0406 e. The highest BCUT2D eigenvalue weighted by atomic mass is 35.5. The van der Waals surface area contributed by atoms with Crippen molar-refractivity contribution in [1.82, 2.24) is 5.32 Å². The van der Waals surface area contributed by atoms with Gasteiger partial charge in [0, 0.05) is 11.1 Å². The van der Waals surface area contributed by atoms with Crippen LogP contribution in [0.3, 0.4) is 0 Å². The van der Waals surface area contributed by atoms with E-state index in [1.807, 2.05) is 12.1 Å². The van der Waals surface area contributed by atoms with Crippen molar-refractivity contribution in [3.05, 3.63) is 34.9 Å². The molecule has 0 amide bonds. The summed E-state index contributed by atoms with van der Waals surface area (Å²) in [7, 11) is 0. The second-order valence-electron chi connectivity index (χ2n) is 6.58. The molecule has 0 radical (unpaired) electrons. The first kappa shape index (κ1) is 14.4. The SMILES string of the molecule is CCCNC(Cc1ccc(Cl)cc1)C1C2CCCCC21. The molecular formula is C18H26ClN. The van der Waals surface area contributed by atoms with Gasteiger partial charge < -0.3 is 5.32 Å². The third kappa shape index (κ3) is 3.20. The summed E-state index contributed by atoms with van der Waals surface area (Å²) in [5.41, 5.74) is 1.42. The minimum Gasteiger partial charge on any atom is -0.313 e. The summed E-state index contributed by atoms with van der Waals surface area (Å²) < 4.78 is 0. The topological polar surface area (TPSA) is 12.0 Å². The molecule has 0 aromatic heterocycles. The summed E-state index contributed by atoms with van der Waals surface area (Å²) in [4.78, 5) is 0. The van der Waals surface area contributed by atoms with Crippen LogP contribution in [0.4, 0.5) is 0 Å². The predicted molar refractivity (Wildman–Crippen MR) is 86.2 cm³/mol. The fraction of sp³-hybridized carbons (Fsp3) is 0.667. The average Bonchev–Trinajstić information content (AvgIpc) is 3.20. The molecule has 1 N–H and O–H groups in total. The van der Waals surface area contributed by atoms with Gasteiger partial charge in [-0.05, 0) is 67.7 Å². The van der Waals surface area contributed by atoms with Crippen LogP contribution in [-0.2, 0) is 6.42 Å². The molecule has 1 aromatic rings. The maximum atomic E-state index is 5.99. The molecule has 0 spiro atoms. The Hall–Kier alpha value is -0.530. The van der Waals surface area contributed by atoms with Crippen LogP contribution in [0.1, 0.15) is 44.6 Å². The maximum absolute atomic E-state index is 5.99. The molecule has 2 aliphatic rings. The lowest BCUT2D eigenvalue weighted by molar-refractivity contribution is 0.428. The lowest BCUT2D eigenvalue weighted by Gasteiger charge is -2.19. The normalized spacial score (nSPS) is 29.8. The standard InChI is InChI=1S/C18H26ClN/c1-2-11-20-17(12-13-7-9-14(19)10-8-13)18-15-5-3-4-6-16(15)18/h7-10,15-18,20H,2-6,11-12H2,1H3. The first-order chi connectivity index (χ1) is 9.79. The van der Waals surface area contributed by atoms with Crippen molar-refractivity contribution < 1.29 is 0 Å². The first-order valence-corrected chi connectivity index (χ1v) is 8.65. The third-order valence-electron chi connectivity index (χ3n) is 5.21. The molecule has 3 unspecified atom stereocenters.